The fraction of sp³-hybridized carbons (Fsp3) is 0.300. The van der Waals surface area contributed by atoms with Gasteiger partial charge in [-0.2, -0.15) is 0 Å². The number of amides is 2. The maximum atomic E-state index is 12.2. The number of halogens is 1. The van der Waals surface area contributed by atoms with E-state index in [0.717, 1.165) is 22.4 Å². The second-order valence-electron chi connectivity index (χ2n) is 6.25. The zero-order valence-corrected chi connectivity index (χ0v) is 16.2. The van der Waals surface area contributed by atoms with Crippen molar-refractivity contribution in [2.45, 2.75) is 20.8 Å². The molecule has 0 radical (unpaired) electrons. The van der Waals surface area contributed by atoms with Crippen LogP contribution in [-0.4, -0.2) is 36.9 Å². The van der Waals surface area contributed by atoms with Crippen LogP contribution in [0.2, 0.25) is 5.02 Å². The lowest BCUT2D eigenvalue weighted by molar-refractivity contribution is -0.135. The zero-order valence-electron chi connectivity index (χ0n) is 15.4. The van der Waals surface area contributed by atoms with Crippen molar-refractivity contribution in [1.29, 1.82) is 0 Å². The highest BCUT2D eigenvalue weighted by molar-refractivity contribution is 6.31. The minimum atomic E-state index is -0.284. The number of hydrogen-bond donors (Lipinski definition) is 1. The molecule has 0 aliphatic carbocycles. The summed E-state index contributed by atoms with van der Waals surface area (Å²) in [7, 11) is 1.57. The van der Waals surface area contributed by atoms with Gasteiger partial charge in [0, 0.05) is 17.8 Å². The maximum Gasteiger partial charge on any atom is 0.260 e. The van der Waals surface area contributed by atoms with E-state index in [1.807, 2.05) is 39.0 Å². The fourth-order valence-corrected chi connectivity index (χ4v) is 2.46. The van der Waals surface area contributed by atoms with Gasteiger partial charge in [0.2, 0.25) is 5.91 Å². The Hall–Kier alpha value is -2.53. The molecule has 0 heterocycles. The van der Waals surface area contributed by atoms with Crippen molar-refractivity contribution in [1.82, 2.24) is 4.90 Å². The van der Waals surface area contributed by atoms with Crippen molar-refractivity contribution in [3.8, 4) is 5.75 Å². The average molecular weight is 375 g/mol. The summed E-state index contributed by atoms with van der Waals surface area (Å²) in [5.41, 5.74) is 3.73. The molecule has 0 fully saturated rings. The van der Waals surface area contributed by atoms with Crippen molar-refractivity contribution in [3.63, 3.8) is 0 Å². The summed E-state index contributed by atoms with van der Waals surface area (Å²) in [5.74, 6) is 0.0269. The molecule has 0 bridgehead atoms. The van der Waals surface area contributed by atoms with Crippen LogP contribution in [0.3, 0.4) is 0 Å². The Kier molecular flexibility index (Phi) is 6.64. The number of hydrogen-bond acceptors (Lipinski definition) is 3. The first-order chi connectivity index (χ1) is 12.3. The second-order valence-corrected chi connectivity index (χ2v) is 6.65. The van der Waals surface area contributed by atoms with Gasteiger partial charge in [-0.15, -0.1) is 0 Å². The van der Waals surface area contributed by atoms with Gasteiger partial charge in [-0.1, -0.05) is 23.7 Å². The minimum Gasteiger partial charge on any atom is -0.484 e. The molecule has 0 atom stereocenters. The normalized spacial score (nSPS) is 10.3. The largest absolute Gasteiger partial charge is 0.484 e. The summed E-state index contributed by atoms with van der Waals surface area (Å²) in [6, 6.07) is 10.9. The molecule has 0 unspecified atom stereocenters. The van der Waals surface area contributed by atoms with Gasteiger partial charge in [0.05, 0.1) is 6.54 Å². The van der Waals surface area contributed by atoms with Crippen molar-refractivity contribution >= 4 is 29.1 Å². The molecule has 0 saturated carbocycles. The van der Waals surface area contributed by atoms with Gasteiger partial charge in [0.25, 0.3) is 5.91 Å². The van der Waals surface area contributed by atoms with Crippen molar-refractivity contribution in [2.75, 3.05) is 25.5 Å². The topological polar surface area (TPSA) is 58.6 Å². The van der Waals surface area contributed by atoms with E-state index in [9.17, 15) is 9.59 Å². The van der Waals surface area contributed by atoms with E-state index in [2.05, 4.69) is 5.32 Å². The molecule has 26 heavy (non-hydrogen) atoms. The lowest BCUT2D eigenvalue weighted by Crippen LogP contribution is -2.37. The quantitative estimate of drug-likeness (QED) is 0.837. The van der Waals surface area contributed by atoms with E-state index >= 15 is 0 Å². The number of carbonyl (C=O) groups is 2. The molecule has 0 saturated heterocycles. The Balaban J connectivity index is 1.86. The molecular weight excluding hydrogens is 352 g/mol. The van der Waals surface area contributed by atoms with Gasteiger partial charge in [-0.3, -0.25) is 9.59 Å². The van der Waals surface area contributed by atoms with Crippen LogP contribution < -0.4 is 10.1 Å². The third-order valence-corrected chi connectivity index (χ3v) is 4.60. The summed E-state index contributed by atoms with van der Waals surface area (Å²) in [5, 5.41) is 3.48. The number of benzene rings is 2. The standard InChI is InChI=1S/C20H23ClN2O3/c1-13-6-5-7-18(15(13)3)22-19(24)11-23(4)20(25)12-26-16-8-9-17(21)14(2)10-16/h5-10H,11-12H2,1-4H3,(H,22,24). The molecular formula is C20H23ClN2O3. The van der Waals surface area contributed by atoms with E-state index in [1.165, 1.54) is 4.90 Å². The van der Waals surface area contributed by atoms with Crippen LogP contribution in [0.5, 0.6) is 5.75 Å². The van der Waals surface area contributed by atoms with Crippen LogP contribution in [0.25, 0.3) is 0 Å². The van der Waals surface area contributed by atoms with Gasteiger partial charge in [-0.25, -0.2) is 0 Å². The number of nitrogens with zero attached hydrogens (tertiary/aromatic N) is 1. The lowest BCUT2D eigenvalue weighted by Gasteiger charge is -2.18. The molecule has 0 aromatic heterocycles. The Morgan fingerprint density at radius 2 is 1.85 bits per heavy atom. The molecule has 1 N–H and O–H groups in total. The number of nitrogens with one attached hydrogen (secondary N) is 1. The molecule has 6 heteroatoms. The van der Waals surface area contributed by atoms with Gasteiger partial charge < -0.3 is 15.0 Å². The third kappa shape index (κ3) is 5.23. The van der Waals surface area contributed by atoms with Gasteiger partial charge >= 0.3 is 0 Å². The molecule has 0 aliphatic heterocycles. The summed E-state index contributed by atoms with van der Waals surface area (Å²) in [6.07, 6.45) is 0. The predicted molar refractivity (Wildman–Crippen MR) is 104 cm³/mol. The first-order valence-corrected chi connectivity index (χ1v) is 8.64. The number of aryl methyl sites for hydroxylation is 2. The van der Waals surface area contributed by atoms with E-state index < -0.39 is 0 Å². The van der Waals surface area contributed by atoms with Gasteiger partial charge in [0.15, 0.2) is 6.61 Å². The third-order valence-electron chi connectivity index (χ3n) is 4.18. The predicted octanol–water partition coefficient (Wildman–Crippen LogP) is 3.74. The number of anilines is 1. The van der Waals surface area contributed by atoms with Crippen LogP contribution in [-0.2, 0) is 9.59 Å². The van der Waals surface area contributed by atoms with E-state index in [-0.39, 0.29) is 25.0 Å². The maximum absolute atomic E-state index is 12.2. The Labute approximate surface area is 158 Å². The minimum absolute atomic E-state index is 0.0464. The van der Waals surface area contributed by atoms with Crippen molar-refractivity contribution < 1.29 is 14.3 Å². The monoisotopic (exact) mass is 374 g/mol. The highest BCUT2D eigenvalue weighted by Crippen LogP contribution is 2.21. The number of ether oxygens (including phenoxy) is 1. The van der Waals surface area contributed by atoms with Crippen LogP contribution in [0.15, 0.2) is 36.4 Å². The van der Waals surface area contributed by atoms with E-state index in [0.29, 0.717) is 10.8 Å². The van der Waals surface area contributed by atoms with Gasteiger partial charge in [-0.05, 0) is 61.7 Å². The number of likely N-dealkylation sites (N-methyl/N-ethyl adjacent to an activating group) is 1. The Bertz CT molecular complexity index is 821. The molecule has 2 aromatic rings. The summed E-state index contributed by atoms with van der Waals surface area (Å²) in [4.78, 5) is 25.7. The van der Waals surface area contributed by atoms with Crippen LogP contribution >= 0.6 is 11.6 Å². The SMILES string of the molecule is Cc1cc(OCC(=O)N(C)CC(=O)Nc2cccc(C)c2C)ccc1Cl. The second kappa shape index (κ2) is 8.72. The van der Waals surface area contributed by atoms with Crippen molar-refractivity contribution in [2.24, 2.45) is 0 Å². The van der Waals surface area contributed by atoms with Crippen LogP contribution in [0.1, 0.15) is 16.7 Å². The molecule has 2 aromatic carbocycles. The summed E-state index contributed by atoms with van der Waals surface area (Å²) < 4.78 is 5.48. The summed E-state index contributed by atoms with van der Waals surface area (Å²) in [6.45, 7) is 5.60. The fourth-order valence-electron chi connectivity index (χ4n) is 2.34. The first-order valence-electron chi connectivity index (χ1n) is 8.27. The van der Waals surface area contributed by atoms with Crippen LogP contribution in [0, 0.1) is 20.8 Å². The van der Waals surface area contributed by atoms with E-state index in [4.69, 9.17) is 16.3 Å². The number of rotatable bonds is 6. The molecule has 2 amide bonds. The first kappa shape index (κ1) is 19.8. The molecule has 0 spiro atoms. The molecule has 138 valence electrons. The average Bonchev–Trinajstić information content (AvgIpc) is 2.59. The lowest BCUT2D eigenvalue weighted by atomic mass is 10.1. The smallest absolute Gasteiger partial charge is 0.260 e. The molecule has 0 aliphatic rings. The Morgan fingerprint density at radius 1 is 1.12 bits per heavy atom. The van der Waals surface area contributed by atoms with Gasteiger partial charge in [0.1, 0.15) is 5.75 Å². The van der Waals surface area contributed by atoms with E-state index in [1.54, 1.807) is 25.2 Å². The Morgan fingerprint density at radius 3 is 2.54 bits per heavy atom. The number of carbonyl (C=O) groups excluding carboxylic acids is 2. The molecule has 2 rings (SSSR count). The highest BCUT2D eigenvalue weighted by atomic mass is 35.5. The zero-order chi connectivity index (χ0) is 19.3. The highest BCUT2D eigenvalue weighted by Gasteiger charge is 2.15. The molecule has 5 nitrogen and oxygen atoms in total. The van der Waals surface area contributed by atoms with Crippen molar-refractivity contribution in [3.05, 3.63) is 58.1 Å². The van der Waals surface area contributed by atoms with Crippen LogP contribution in [0.4, 0.5) is 5.69 Å². The summed E-state index contributed by atoms with van der Waals surface area (Å²) >= 11 is 5.96.